The predicted molar refractivity (Wildman–Crippen MR) is 87.0 cm³/mol. The average molecular weight is 284 g/mol. The molecule has 0 spiro atoms. The number of hydrogen-bond donors (Lipinski definition) is 1. The topological polar surface area (TPSA) is 34.1 Å². The van der Waals surface area contributed by atoms with Gasteiger partial charge in [-0.3, -0.25) is 0 Å². The number of nitrogens with one attached hydrogen (secondary N) is 1. The minimum Gasteiger partial charge on any atom is -0.439 e. The molecule has 0 saturated heterocycles. The molecule has 3 nitrogen and oxygen atoms in total. The summed E-state index contributed by atoms with van der Waals surface area (Å²) < 4.78 is 5.90. The summed E-state index contributed by atoms with van der Waals surface area (Å²) in [6.45, 7) is 9.41. The standard InChI is InChI=1S/C18H24N2O/c1-13-14(12-19-5)9-10-17(20-13)21-16-8-6-7-15(11-16)18(2,3)4/h6-11,19H,12H2,1-5H3. The van der Waals surface area contributed by atoms with Gasteiger partial charge in [0, 0.05) is 18.3 Å². The van der Waals surface area contributed by atoms with Gasteiger partial charge in [0.25, 0.3) is 0 Å². The molecule has 0 fully saturated rings. The van der Waals surface area contributed by atoms with Crippen LogP contribution in [0.4, 0.5) is 0 Å². The molecule has 0 bridgehead atoms. The number of ether oxygens (including phenoxy) is 1. The first-order valence-electron chi connectivity index (χ1n) is 7.29. The van der Waals surface area contributed by atoms with Crippen molar-refractivity contribution in [1.82, 2.24) is 10.3 Å². The van der Waals surface area contributed by atoms with Gasteiger partial charge in [0.2, 0.25) is 5.88 Å². The Kier molecular flexibility index (Phi) is 4.63. The zero-order valence-corrected chi connectivity index (χ0v) is 13.5. The van der Waals surface area contributed by atoms with E-state index in [1.807, 2.05) is 32.2 Å². The van der Waals surface area contributed by atoms with Crippen LogP contribution in [0.25, 0.3) is 0 Å². The molecule has 2 aromatic rings. The maximum absolute atomic E-state index is 5.90. The summed E-state index contributed by atoms with van der Waals surface area (Å²) in [6.07, 6.45) is 0. The maximum atomic E-state index is 5.90. The van der Waals surface area contributed by atoms with Crippen LogP contribution in [-0.4, -0.2) is 12.0 Å². The molecule has 0 aliphatic rings. The summed E-state index contributed by atoms with van der Waals surface area (Å²) >= 11 is 0. The second-order valence-electron chi connectivity index (χ2n) is 6.30. The second kappa shape index (κ2) is 6.27. The first-order valence-corrected chi connectivity index (χ1v) is 7.29. The number of hydrogen-bond acceptors (Lipinski definition) is 3. The summed E-state index contributed by atoms with van der Waals surface area (Å²) in [5.41, 5.74) is 3.55. The van der Waals surface area contributed by atoms with Crippen molar-refractivity contribution in [1.29, 1.82) is 0 Å². The molecule has 1 aromatic heterocycles. The highest BCUT2D eigenvalue weighted by atomic mass is 16.5. The second-order valence-corrected chi connectivity index (χ2v) is 6.30. The fourth-order valence-corrected chi connectivity index (χ4v) is 2.15. The van der Waals surface area contributed by atoms with Gasteiger partial charge in [0.05, 0.1) is 0 Å². The molecule has 2 rings (SSSR count). The van der Waals surface area contributed by atoms with Crippen LogP contribution >= 0.6 is 0 Å². The number of benzene rings is 1. The van der Waals surface area contributed by atoms with Crippen LogP contribution in [-0.2, 0) is 12.0 Å². The molecular formula is C18H24N2O. The highest BCUT2D eigenvalue weighted by Crippen LogP contribution is 2.28. The summed E-state index contributed by atoms with van der Waals surface area (Å²) in [5.74, 6) is 1.47. The first-order chi connectivity index (χ1) is 9.90. The Hall–Kier alpha value is -1.87. The van der Waals surface area contributed by atoms with Crippen LogP contribution < -0.4 is 10.1 Å². The lowest BCUT2D eigenvalue weighted by Gasteiger charge is -2.19. The third kappa shape index (κ3) is 4.05. The molecule has 0 unspecified atom stereocenters. The van der Waals surface area contributed by atoms with E-state index >= 15 is 0 Å². The van der Waals surface area contributed by atoms with Gasteiger partial charge < -0.3 is 10.1 Å². The van der Waals surface area contributed by atoms with Crippen molar-refractivity contribution in [2.75, 3.05) is 7.05 Å². The number of nitrogens with zero attached hydrogens (tertiary/aromatic N) is 1. The highest BCUT2D eigenvalue weighted by molar-refractivity contribution is 5.35. The molecule has 0 amide bonds. The normalized spacial score (nSPS) is 11.5. The Morgan fingerprint density at radius 2 is 1.90 bits per heavy atom. The van der Waals surface area contributed by atoms with E-state index in [2.05, 4.69) is 49.3 Å². The molecular weight excluding hydrogens is 260 g/mol. The van der Waals surface area contributed by atoms with Crippen LogP contribution in [0.3, 0.4) is 0 Å². The monoisotopic (exact) mass is 284 g/mol. The van der Waals surface area contributed by atoms with Gasteiger partial charge in [-0.1, -0.05) is 39.0 Å². The summed E-state index contributed by atoms with van der Waals surface area (Å²) in [6, 6.07) is 12.2. The molecule has 0 aliphatic heterocycles. The van der Waals surface area contributed by atoms with Crippen molar-refractivity contribution in [2.24, 2.45) is 0 Å². The van der Waals surface area contributed by atoms with Crippen molar-refractivity contribution in [2.45, 2.75) is 39.7 Å². The number of aryl methyl sites for hydroxylation is 1. The highest BCUT2D eigenvalue weighted by Gasteiger charge is 2.14. The minimum absolute atomic E-state index is 0.110. The van der Waals surface area contributed by atoms with E-state index in [-0.39, 0.29) is 5.41 Å². The Balaban J connectivity index is 2.20. The molecule has 0 radical (unpaired) electrons. The van der Waals surface area contributed by atoms with Crippen molar-refractivity contribution in [3.05, 3.63) is 53.2 Å². The van der Waals surface area contributed by atoms with E-state index in [9.17, 15) is 0 Å². The van der Waals surface area contributed by atoms with Crippen LogP contribution in [0.15, 0.2) is 36.4 Å². The first kappa shape index (κ1) is 15.5. The van der Waals surface area contributed by atoms with Gasteiger partial charge >= 0.3 is 0 Å². The molecule has 0 atom stereocenters. The zero-order valence-electron chi connectivity index (χ0n) is 13.5. The Morgan fingerprint density at radius 3 is 2.52 bits per heavy atom. The summed E-state index contributed by atoms with van der Waals surface area (Å²) in [4.78, 5) is 4.52. The predicted octanol–water partition coefficient (Wildman–Crippen LogP) is 4.20. The SMILES string of the molecule is CNCc1ccc(Oc2cccc(C(C)(C)C)c2)nc1C. The molecule has 3 heteroatoms. The van der Waals surface area contributed by atoms with E-state index in [1.165, 1.54) is 11.1 Å². The van der Waals surface area contributed by atoms with Gasteiger partial charge in [-0.05, 0) is 42.6 Å². The lowest BCUT2D eigenvalue weighted by molar-refractivity contribution is 0.458. The van der Waals surface area contributed by atoms with Crippen molar-refractivity contribution in [3.8, 4) is 11.6 Å². The number of pyridine rings is 1. The van der Waals surface area contributed by atoms with Crippen LogP contribution in [0.2, 0.25) is 0 Å². The van der Waals surface area contributed by atoms with Gasteiger partial charge in [0.15, 0.2) is 0 Å². The molecule has 21 heavy (non-hydrogen) atoms. The zero-order chi connectivity index (χ0) is 15.5. The molecule has 1 aromatic carbocycles. The minimum atomic E-state index is 0.110. The molecule has 0 saturated carbocycles. The maximum Gasteiger partial charge on any atom is 0.219 e. The largest absolute Gasteiger partial charge is 0.439 e. The Morgan fingerprint density at radius 1 is 1.14 bits per heavy atom. The average Bonchev–Trinajstić information content (AvgIpc) is 2.41. The van der Waals surface area contributed by atoms with Crippen molar-refractivity contribution >= 4 is 0 Å². The fraction of sp³-hybridized carbons (Fsp3) is 0.389. The lowest BCUT2D eigenvalue weighted by atomic mass is 9.87. The van der Waals surface area contributed by atoms with E-state index in [4.69, 9.17) is 4.74 Å². The molecule has 1 heterocycles. The fourth-order valence-electron chi connectivity index (χ4n) is 2.15. The van der Waals surface area contributed by atoms with E-state index in [0.717, 1.165) is 18.0 Å². The van der Waals surface area contributed by atoms with Crippen LogP contribution in [0.1, 0.15) is 37.6 Å². The third-order valence-corrected chi connectivity index (χ3v) is 3.46. The van der Waals surface area contributed by atoms with E-state index < -0.39 is 0 Å². The molecule has 1 N–H and O–H groups in total. The third-order valence-electron chi connectivity index (χ3n) is 3.46. The van der Waals surface area contributed by atoms with Crippen molar-refractivity contribution < 1.29 is 4.74 Å². The lowest BCUT2D eigenvalue weighted by Crippen LogP contribution is -2.10. The van der Waals surface area contributed by atoms with Crippen LogP contribution in [0, 0.1) is 6.92 Å². The Labute approximate surface area is 127 Å². The number of aromatic nitrogens is 1. The van der Waals surface area contributed by atoms with Gasteiger partial charge in [-0.15, -0.1) is 0 Å². The summed E-state index contributed by atoms with van der Waals surface area (Å²) in [7, 11) is 1.93. The molecule has 0 aliphatic carbocycles. The number of rotatable bonds is 4. The van der Waals surface area contributed by atoms with Gasteiger partial charge in [-0.25, -0.2) is 4.98 Å². The Bertz CT molecular complexity index is 615. The van der Waals surface area contributed by atoms with Crippen LogP contribution in [0.5, 0.6) is 11.6 Å². The van der Waals surface area contributed by atoms with E-state index in [1.54, 1.807) is 0 Å². The smallest absolute Gasteiger partial charge is 0.219 e. The quantitative estimate of drug-likeness (QED) is 0.913. The van der Waals surface area contributed by atoms with E-state index in [0.29, 0.717) is 5.88 Å². The van der Waals surface area contributed by atoms with Gasteiger partial charge in [0.1, 0.15) is 5.75 Å². The summed E-state index contributed by atoms with van der Waals surface area (Å²) in [5, 5.41) is 3.14. The van der Waals surface area contributed by atoms with Crippen molar-refractivity contribution in [3.63, 3.8) is 0 Å². The van der Waals surface area contributed by atoms with Gasteiger partial charge in [-0.2, -0.15) is 0 Å². The molecule has 112 valence electrons.